The van der Waals surface area contributed by atoms with Gasteiger partial charge in [-0.1, -0.05) is 0 Å². The van der Waals surface area contributed by atoms with Crippen LogP contribution >= 0.6 is 0 Å². The molecule has 5 heteroatoms. The van der Waals surface area contributed by atoms with Gasteiger partial charge in [0, 0.05) is 58.9 Å². The fraction of sp³-hybridized carbons (Fsp3) is 1.00. The van der Waals surface area contributed by atoms with Crippen LogP contribution in [-0.2, 0) is 9.47 Å². The van der Waals surface area contributed by atoms with Crippen molar-refractivity contribution >= 4 is 0 Å². The molecule has 0 saturated carbocycles. The Labute approximate surface area is 149 Å². The first-order valence-corrected chi connectivity index (χ1v) is 9.97. The molecule has 0 bridgehead atoms. The van der Waals surface area contributed by atoms with Crippen molar-refractivity contribution in [3.63, 3.8) is 0 Å². The second-order valence-corrected chi connectivity index (χ2v) is 7.83. The minimum atomic E-state index is 0.348. The summed E-state index contributed by atoms with van der Waals surface area (Å²) in [5, 5.41) is 0. The fourth-order valence-corrected chi connectivity index (χ4v) is 3.59. The molecule has 0 aliphatic carbocycles. The molecular formula is C19H39N3O2. The molecule has 5 nitrogen and oxygen atoms in total. The molecule has 0 unspecified atom stereocenters. The molecule has 2 saturated heterocycles. The van der Waals surface area contributed by atoms with Crippen molar-refractivity contribution in [3.05, 3.63) is 0 Å². The molecule has 2 fully saturated rings. The lowest BCUT2D eigenvalue weighted by Crippen LogP contribution is -2.50. The summed E-state index contributed by atoms with van der Waals surface area (Å²) >= 11 is 0. The first kappa shape index (κ1) is 20.1. The van der Waals surface area contributed by atoms with Gasteiger partial charge < -0.3 is 14.4 Å². The molecule has 0 spiro atoms. The van der Waals surface area contributed by atoms with Crippen LogP contribution in [0.2, 0.25) is 0 Å². The third-order valence-electron chi connectivity index (χ3n) is 5.06. The highest BCUT2D eigenvalue weighted by Gasteiger charge is 2.22. The van der Waals surface area contributed by atoms with Crippen LogP contribution < -0.4 is 0 Å². The highest BCUT2D eigenvalue weighted by atomic mass is 16.5. The Hall–Kier alpha value is -0.200. The van der Waals surface area contributed by atoms with Crippen molar-refractivity contribution in [1.82, 2.24) is 14.7 Å². The molecule has 0 amide bonds. The number of nitrogens with zero attached hydrogens (tertiary/aromatic N) is 3. The van der Waals surface area contributed by atoms with Gasteiger partial charge in [-0.2, -0.15) is 0 Å². The lowest BCUT2D eigenvalue weighted by molar-refractivity contribution is -0.0282. The molecule has 2 rings (SSSR count). The maximum Gasteiger partial charge on any atom is 0.0603 e. The molecule has 0 atom stereocenters. The van der Waals surface area contributed by atoms with E-state index in [2.05, 4.69) is 42.4 Å². The van der Waals surface area contributed by atoms with E-state index in [1.54, 1.807) is 0 Å². The molecular weight excluding hydrogens is 302 g/mol. The van der Waals surface area contributed by atoms with Crippen LogP contribution in [0.4, 0.5) is 0 Å². The molecule has 0 N–H and O–H groups in total. The minimum Gasteiger partial charge on any atom is -0.377 e. The standard InChI is InChI=1S/C19H39N3O2/c1-17(2)23-16-15-22-13-11-21(12-14-22)10-9-20-7-5-19(6-8-20)24-18(3)4/h17-19H,5-16H2,1-4H3. The first-order chi connectivity index (χ1) is 11.5. The quantitative estimate of drug-likeness (QED) is 0.639. The summed E-state index contributed by atoms with van der Waals surface area (Å²) in [6.45, 7) is 20.0. The molecule has 0 aromatic carbocycles. The van der Waals surface area contributed by atoms with Gasteiger partial charge >= 0.3 is 0 Å². The lowest BCUT2D eigenvalue weighted by Gasteiger charge is -2.37. The molecule has 142 valence electrons. The molecule has 2 heterocycles. The number of piperazine rings is 1. The Bertz CT molecular complexity index is 323. The third kappa shape index (κ3) is 7.79. The van der Waals surface area contributed by atoms with Crippen molar-refractivity contribution in [2.24, 2.45) is 0 Å². The largest absolute Gasteiger partial charge is 0.377 e. The maximum absolute atomic E-state index is 5.94. The van der Waals surface area contributed by atoms with Crippen molar-refractivity contribution < 1.29 is 9.47 Å². The molecule has 2 aliphatic heterocycles. The van der Waals surface area contributed by atoms with Gasteiger partial charge in [0.05, 0.1) is 24.9 Å². The number of piperidine rings is 1. The normalized spacial score (nSPS) is 22.8. The van der Waals surface area contributed by atoms with E-state index in [4.69, 9.17) is 9.47 Å². The number of likely N-dealkylation sites (tertiary alicyclic amines) is 1. The molecule has 2 aliphatic rings. The average Bonchev–Trinajstić information content (AvgIpc) is 2.54. The highest BCUT2D eigenvalue weighted by Crippen LogP contribution is 2.15. The zero-order valence-electron chi connectivity index (χ0n) is 16.4. The van der Waals surface area contributed by atoms with E-state index in [9.17, 15) is 0 Å². The Kier molecular flexibility index (Phi) is 8.98. The van der Waals surface area contributed by atoms with Crippen LogP contribution in [0, 0.1) is 0 Å². The second-order valence-electron chi connectivity index (χ2n) is 7.83. The fourth-order valence-electron chi connectivity index (χ4n) is 3.59. The van der Waals surface area contributed by atoms with Crippen molar-refractivity contribution in [2.75, 3.05) is 65.5 Å². The lowest BCUT2D eigenvalue weighted by atomic mass is 10.1. The zero-order valence-corrected chi connectivity index (χ0v) is 16.4. The summed E-state index contributed by atoms with van der Waals surface area (Å²) in [4.78, 5) is 7.77. The van der Waals surface area contributed by atoms with Gasteiger partial charge in [-0.05, 0) is 40.5 Å². The Morgan fingerprint density at radius 3 is 1.71 bits per heavy atom. The molecule has 0 radical (unpaired) electrons. The summed E-state index contributed by atoms with van der Waals surface area (Å²) in [6.07, 6.45) is 3.59. The summed E-state index contributed by atoms with van der Waals surface area (Å²) in [7, 11) is 0. The smallest absolute Gasteiger partial charge is 0.0603 e. The van der Waals surface area contributed by atoms with Crippen LogP contribution in [0.1, 0.15) is 40.5 Å². The number of ether oxygens (including phenoxy) is 2. The van der Waals surface area contributed by atoms with Crippen LogP contribution in [0.5, 0.6) is 0 Å². The molecule has 0 aromatic heterocycles. The van der Waals surface area contributed by atoms with Gasteiger partial charge in [0.2, 0.25) is 0 Å². The van der Waals surface area contributed by atoms with Crippen LogP contribution in [-0.4, -0.2) is 98.5 Å². The van der Waals surface area contributed by atoms with Crippen LogP contribution in [0.15, 0.2) is 0 Å². The second kappa shape index (κ2) is 10.7. The summed E-state index contributed by atoms with van der Waals surface area (Å²) in [5.74, 6) is 0. The Morgan fingerprint density at radius 1 is 0.708 bits per heavy atom. The van der Waals surface area contributed by atoms with Crippen molar-refractivity contribution in [3.8, 4) is 0 Å². The number of rotatable bonds is 9. The monoisotopic (exact) mass is 341 g/mol. The van der Waals surface area contributed by atoms with E-state index >= 15 is 0 Å². The Balaban J connectivity index is 1.52. The SMILES string of the molecule is CC(C)OCCN1CCN(CCN2CCC(OC(C)C)CC2)CC1. The number of hydrogen-bond donors (Lipinski definition) is 0. The predicted octanol–water partition coefficient (Wildman–Crippen LogP) is 1.92. The van der Waals surface area contributed by atoms with E-state index in [0.29, 0.717) is 18.3 Å². The van der Waals surface area contributed by atoms with E-state index in [1.165, 1.54) is 65.2 Å². The minimum absolute atomic E-state index is 0.348. The van der Waals surface area contributed by atoms with Gasteiger partial charge in [-0.3, -0.25) is 9.80 Å². The topological polar surface area (TPSA) is 28.2 Å². The third-order valence-corrected chi connectivity index (χ3v) is 5.06. The highest BCUT2D eigenvalue weighted by molar-refractivity contribution is 4.76. The average molecular weight is 342 g/mol. The summed E-state index contributed by atoms with van der Waals surface area (Å²) in [5.41, 5.74) is 0. The van der Waals surface area contributed by atoms with Gasteiger partial charge in [0.25, 0.3) is 0 Å². The molecule has 0 aromatic rings. The van der Waals surface area contributed by atoms with E-state index < -0.39 is 0 Å². The molecule has 24 heavy (non-hydrogen) atoms. The Morgan fingerprint density at radius 2 is 1.21 bits per heavy atom. The zero-order chi connectivity index (χ0) is 17.4. The van der Waals surface area contributed by atoms with Gasteiger partial charge in [-0.25, -0.2) is 0 Å². The summed E-state index contributed by atoms with van der Waals surface area (Å²) < 4.78 is 11.6. The van der Waals surface area contributed by atoms with Gasteiger partial charge in [-0.15, -0.1) is 0 Å². The van der Waals surface area contributed by atoms with E-state index in [-0.39, 0.29) is 0 Å². The van der Waals surface area contributed by atoms with Crippen molar-refractivity contribution in [2.45, 2.75) is 58.8 Å². The first-order valence-electron chi connectivity index (χ1n) is 9.97. The van der Waals surface area contributed by atoms with Gasteiger partial charge in [0.15, 0.2) is 0 Å². The summed E-state index contributed by atoms with van der Waals surface area (Å²) in [6, 6.07) is 0. The number of hydrogen-bond acceptors (Lipinski definition) is 5. The van der Waals surface area contributed by atoms with Crippen LogP contribution in [0.3, 0.4) is 0 Å². The van der Waals surface area contributed by atoms with Crippen molar-refractivity contribution in [1.29, 1.82) is 0 Å². The van der Waals surface area contributed by atoms with E-state index in [1.807, 2.05) is 0 Å². The van der Waals surface area contributed by atoms with Crippen LogP contribution in [0.25, 0.3) is 0 Å². The van der Waals surface area contributed by atoms with E-state index in [0.717, 1.165) is 13.2 Å². The predicted molar refractivity (Wildman–Crippen MR) is 99.7 cm³/mol. The van der Waals surface area contributed by atoms with Gasteiger partial charge in [0.1, 0.15) is 0 Å². The maximum atomic E-state index is 5.94.